The molecule has 9 N–H and O–H groups in total. The zero-order chi connectivity index (χ0) is 36.3. The number of carbonyl (C=O) groups excluding carboxylic acids is 3. The number of hydroxylamine groups is 2. The summed E-state index contributed by atoms with van der Waals surface area (Å²) in [6.45, 7) is 1.76. The van der Waals surface area contributed by atoms with Crippen molar-refractivity contribution in [1.82, 2.24) is 40.4 Å². The maximum atomic E-state index is 13.1. The minimum Gasteiger partial charge on any atom is -0.480 e. The molecule has 0 aromatic rings. The van der Waals surface area contributed by atoms with E-state index in [9.17, 15) is 54.5 Å². The normalized spacial score (nSPS) is 19.6. The van der Waals surface area contributed by atoms with Crippen LogP contribution >= 0.6 is 0 Å². The summed E-state index contributed by atoms with van der Waals surface area (Å²) < 4.78 is 0. The van der Waals surface area contributed by atoms with Gasteiger partial charge in [-0.2, -0.15) is 0 Å². The van der Waals surface area contributed by atoms with Crippen LogP contribution in [-0.2, 0) is 24.0 Å². The van der Waals surface area contributed by atoms with E-state index in [0.717, 1.165) is 0 Å². The minimum absolute atomic E-state index is 0.0364. The summed E-state index contributed by atoms with van der Waals surface area (Å²) in [7, 11) is 0. The Bertz CT molecular complexity index is 1070. The highest BCUT2D eigenvalue weighted by molar-refractivity contribution is 5.82. The highest BCUT2D eigenvalue weighted by atomic mass is 16.8. The lowest BCUT2D eigenvalue weighted by Gasteiger charge is -2.33. The van der Waals surface area contributed by atoms with Crippen molar-refractivity contribution in [2.45, 2.75) is 57.2 Å². The van der Waals surface area contributed by atoms with Crippen molar-refractivity contribution in [3.63, 3.8) is 0 Å². The molecule has 20 nitrogen and oxygen atoms in total. The fourth-order valence-corrected chi connectivity index (χ4v) is 5.73. The molecule has 2 aliphatic rings. The SMILES string of the molecule is N[C@@H](CCCCNC(=O)CCCNC(=O)N1CCN(CC(=O)O)CCN(CC(=O)O)CCN(CC(=O)O)CC1)C(=O)N1CCC[C@H]1N(O)O. The molecule has 0 aromatic heterocycles. The van der Waals surface area contributed by atoms with Crippen molar-refractivity contribution in [2.75, 3.05) is 91.6 Å². The number of likely N-dealkylation sites (tertiary alicyclic amines) is 1. The Labute approximate surface area is 285 Å². The lowest BCUT2D eigenvalue weighted by atomic mass is 10.1. The molecule has 0 radical (unpaired) electrons. The molecular formula is C29H53N9O11. The topological polar surface area (TPSA) is 273 Å². The number of urea groups is 1. The molecule has 280 valence electrons. The molecule has 0 spiro atoms. The monoisotopic (exact) mass is 703 g/mol. The molecule has 4 amide bonds. The second-order valence-corrected chi connectivity index (χ2v) is 12.3. The second kappa shape index (κ2) is 22.1. The van der Waals surface area contributed by atoms with Gasteiger partial charge in [0.05, 0.1) is 25.7 Å². The molecule has 0 bridgehead atoms. The lowest BCUT2D eigenvalue weighted by Crippen LogP contribution is -2.51. The standard InChI is InChI=1S/C29H53N9O11/c30-22(28(46)37-10-4-7-24(37)38(48)49)5-1-2-8-31-23(39)6-3-9-32-29(47)36-17-15-34(20-26(42)43)13-11-33(19-25(40)41)12-14-35(16-18-36)21-27(44)45/h22,24,48-49H,1-21,30H2,(H,31,39)(H,32,47)(H,40,41)(H,42,43)(H,44,45)/t22-,24+/m0/s1. The van der Waals surface area contributed by atoms with Crippen LogP contribution in [0.25, 0.3) is 0 Å². The van der Waals surface area contributed by atoms with Gasteiger partial charge in [-0.05, 0) is 43.8 Å². The number of carboxylic acids is 3. The number of aliphatic carboxylic acids is 3. The zero-order valence-electron chi connectivity index (χ0n) is 28.0. The van der Waals surface area contributed by atoms with E-state index in [-0.39, 0.29) is 102 Å². The molecule has 0 unspecified atom stereocenters. The summed E-state index contributed by atoms with van der Waals surface area (Å²) in [6, 6.07) is -1.22. The Balaban J connectivity index is 1.78. The van der Waals surface area contributed by atoms with Crippen molar-refractivity contribution >= 4 is 35.8 Å². The van der Waals surface area contributed by atoms with Gasteiger partial charge in [0, 0.05) is 78.4 Å². The number of nitrogens with zero attached hydrogens (tertiary/aromatic N) is 6. The van der Waals surface area contributed by atoms with Gasteiger partial charge in [0.15, 0.2) is 0 Å². The van der Waals surface area contributed by atoms with Gasteiger partial charge in [-0.1, -0.05) is 0 Å². The van der Waals surface area contributed by atoms with Crippen molar-refractivity contribution in [2.24, 2.45) is 5.73 Å². The van der Waals surface area contributed by atoms with Crippen LogP contribution in [0.3, 0.4) is 0 Å². The molecule has 2 heterocycles. The zero-order valence-corrected chi connectivity index (χ0v) is 28.0. The van der Waals surface area contributed by atoms with Crippen molar-refractivity contribution < 1.29 is 54.5 Å². The number of unbranched alkanes of at least 4 members (excludes halogenated alkanes) is 1. The van der Waals surface area contributed by atoms with Crippen LogP contribution in [0.15, 0.2) is 0 Å². The Morgan fingerprint density at radius 3 is 1.67 bits per heavy atom. The summed E-state index contributed by atoms with van der Waals surface area (Å²) in [5.41, 5.74) is 6.01. The highest BCUT2D eigenvalue weighted by Crippen LogP contribution is 2.20. The van der Waals surface area contributed by atoms with Crippen LogP contribution in [0.4, 0.5) is 4.79 Å². The van der Waals surface area contributed by atoms with E-state index in [4.69, 9.17) is 5.73 Å². The number of hydrogen-bond donors (Lipinski definition) is 8. The van der Waals surface area contributed by atoms with Crippen LogP contribution in [0.2, 0.25) is 0 Å². The third-order valence-electron chi connectivity index (χ3n) is 8.41. The van der Waals surface area contributed by atoms with Gasteiger partial charge in [0.1, 0.15) is 6.17 Å². The van der Waals surface area contributed by atoms with Crippen LogP contribution in [0.1, 0.15) is 44.9 Å². The van der Waals surface area contributed by atoms with Crippen molar-refractivity contribution in [3.05, 3.63) is 0 Å². The van der Waals surface area contributed by atoms with E-state index in [0.29, 0.717) is 51.6 Å². The molecule has 0 saturated carbocycles. The molecular weight excluding hydrogens is 650 g/mol. The minimum atomic E-state index is -1.06. The van der Waals surface area contributed by atoms with Gasteiger partial charge >= 0.3 is 23.9 Å². The summed E-state index contributed by atoms with van der Waals surface area (Å²) in [5.74, 6) is -3.74. The highest BCUT2D eigenvalue weighted by Gasteiger charge is 2.34. The molecule has 2 aliphatic heterocycles. The summed E-state index contributed by atoms with van der Waals surface area (Å²) in [6.07, 6.45) is 2.33. The number of rotatable bonds is 17. The Kier molecular flexibility index (Phi) is 18.8. The van der Waals surface area contributed by atoms with Gasteiger partial charge < -0.3 is 41.5 Å². The largest absolute Gasteiger partial charge is 0.480 e. The number of carbonyl (C=O) groups is 6. The Morgan fingerprint density at radius 2 is 1.18 bits per heavy atom. The number of nitrogens with two attached hydrogens (primary N) is 1. The third-order valence-corrected chi connectivity index (χ3v) is 8.41. The molecule has 2 saturated heterocycles. The molecule has 49 heavy (non-hydrogen) atoms. The van der Waals surface area contributed by atoms with Gasteiger partial charge in [0.2, 0.25) is 11.8 Å². The van der Waals surface area contributed by atoms with E-state index >= 15 is 0 Å². The van der Waals surface area contributed by atoms with Gasteiger partial charge in [0.25, 0.3) is 0 Å². The molecule has 2 fully saturated rings. The smallest absolute Gasteiger partial charge is 0.317 e. The molecule has 20 heteroatoms. The van der Waals surface area contributed by atoms with Gasteiger partial charge in [-0.25, -0.2) is 4.79 Å². The van der Waals surface area contributed by atoms with Crippen molar-refractivity contribution in [3.8, 4) is 0 Å². The number of carboxylic acid groups (broad SMARTS) is 3. The maximum Gasteiger partial charge on any atom is 0.317 e. The molecule has 2 atom stereocenters. The van der Waals surface area contributed by atoms with E-state index in [1.807, 2.05) is 0 Å². The molecule has 0 aromatic carbocycles. The molecule has 2 rings (SSSR count). The first-order chi connectivity index (χ1) is 23.3. The fraction of sp³-hybridized carbons (Fsp3) is 0.793. The van der Waals surface area contributed by atoms with E-state index in [1.165, 1.54) is 9.80 Å². The van der Waals surface area contributed by atoms with Crippen LogP contribution < -0.4 is 16.4 Å². The lowest BCUT2D eigenvalue weighted by molar-refractivity contribution is -0.347. The van der Waals surface area contributed by atoms with Crippen LogP contribution in [-0.4, -0.2) is 195 Å². The predicted octanol–water partition coefficient (Wildman–Crippen LogP) is -2.41. The number of hydrogen-bond acceptors (Lipinski definition) is 13. The summed E-state index contributed by atoms with van der Waals surface area (Å²) >= 11 is 0. The van der Waals surface area contributed by atoms with E-state index < -0.39 is 36.1 Å². The average Bonchev–Trinajstić information content (AvgIpc) is 3.52. The first kappa shape index (κ1) is 41.5. The maximum absolute atomic E-state index is 13.1. The first-order valence-corrected chi connectivity index (χ1v) is 16.6. The third kappa shape index (κ3) is 16.5. The number of amides is 4. The fourth-order valence-electron chi connectivity index (χ4n) is 5.73. The predicted molar refractivity (Wildman–Crippen MR) is 171 cm³/mol. The second-order valence-electron chi connectivity index (χ2n) is 12.3. The Hall–Kier alpha value is -3.66. The van der Waals surface area contributed by atoms with E-state index in [2.05, 4.69) is 10.6 Å². The summed E-state index contributed by atoms with van der Waals surface area (Å²) in [5, 5.41) is 52.2. The average molecular weight is 704 g/mol. The van der Waals surface area contributed by atoms with E-state index in [1.54, 1.807) is 14.7 Å². The number of nitrogens with one attached hydrogen (secondary N) is 2. The Morgan fingerprint density at radius 1 is 0.694 bits per heavy atom. The van der Waals surface area contributed by atoms with Gasteiger partial charge in [-0.15, -0.1) is 0 Å². The summed E-state index contributed by atoms with van der Waals surface area (Å²) in [4.78, 5) is 79.8. The first-order valence-electron chi connectivity index (χ1n) is 16.6. The molecule has 0 aliphatic carbocycles. The van der Waals surface area contributed by atoms with Crippen LogP contribution in [0, 0.1) is 0 Å². The van der Waals surface area contributed by atoms with Gasteiger partial charge in [-0.3, -0.25) is 49.1 Å². The quantitative estimate of drug-likeness (QED) is 0.0579. The van der Waals surface area contributed by atoms with Crippen LogP contribution in [0.5, 0.6) is 0 Å². The van der Waals surface area contributed by atoms with Crippen molar-refractivity contribution in [1.29, 1.82) is 0 Å².